The van der Waals surface area contributed by atoms with Gasteiger partial charge in [-0.05, 0) is 48.9 Å². The van der Waals surface area contributed by atoms with E-state index in [1.807, 2.05) is 0 Å². The van der Waals surface area contributed by atoms with Crippen LogP contribution >= 0.6 is 0 Å². The van der Waals surface area contributed by atoms with Gasteiger partial charge in [-0.2, -0.15) is 0 Å². The molecule has 0 fully saturated rings. The quantitative estimate of drug-likeness (QED) is 0.938. The second-order valence-corrected chi connectivity index (χ2v) is 6.70. The highest BCUT2D eigenvalue weighted by molar-refractivity contribution is 7.92. The van der Waals surface area contributed by atoms with Gasteiger partial charge < -0.3 is 5.11 Å². The Morgan fingerprint density at radius 1 is 1.14 bits per heavy atom. The fourth-order valence-corrected chi connectivity index (χ4v) is 3.16. The van der Waals surface area contributed by atoms with Gasteiger partial charge in [0.15, 0.2) is 0 Å². The van der Waals surface area contributed by atoms with Crippen LogP contribution in [0.1, 0.15) is 15.9 Å². The van der Waals surface area contributed by atoms with Crippen LogP contribution < -0.4 is 4.31 Å². The summed E-state index contributed by atoms with van der Waals surface area (Å²) in [5.41, 5.74) is 0.670. The first-order valence-corrected chi connectivity index (χ1v) is 7.76. The van der Waals surface area contributed by atoms with Crippen LogP contribution in [0.2, 0.25) is 0 Å². The van der Waals surface area contributed by atoms with Gasteiger partial charge in [-0.15, -0.1) is 0 Å². The average Bonchev–Trinajstić information content (AvgIpc) is 2.47. The number of carbonyl (C=O) groups is 1. The van der Waals surface area contributed by atoms with Gasteiger partial charge in [0.05, 0.1) is 16.1 Å². The molecular weight excluding hydrogens is 309 g/mol. The third-order valence-electron chi connectivity index (χ3n) is 3.29. The van der Waals surface area contributed by atoms with E-state index in [1.165, 1.54) is 31.3 Å². The first-order valence-electron chi connectivity index (χ1n) is 6.32. The Kier molecular flexibility index (Phi) is 4.18. The van der Waals surface area contributed by atoms with Crippen molar-refractivity contribution >= 4 is 21.7 Å². The molecule has 0 bridgehead atoms. The van der Waals surface area contributed by atoms with E-state index in [9.17, 15) is 17.6 Å². The molecule has 2 rings (SSSR count). The third kappa shape index (κ3) is 2.94. The van der Waals surface area contributed by atoms with Gasteiger partial charge in [0.25, 0.3) is 10.0 Å². The number of aromatic carboxylic acids is 1. The van der Waals surface area contributed by atoms with Gasteiger partial charge in [-0.25, -0.2) is 17.6 Å². The highest BCUT2D eigenvalue weighted by Gasteiger charge is 2.23. The number of hydrogen-bond acceptors (Lipinski definition) is 3. The standard InChI is InChI=1S/C15H14FNO4S/c1-10-3-8-13(9-14(10)15(18)19)22(20,21)17(2)12-6-4-11(16)5-7-12/h3-9H,1-2H3,(H,18,19). The lowest BCUT2D eigenvalue weighted by Gasteiger charge is -2.20. The van der Waals surface area contributed by atoms with Crippen LogP contribution in [0.15, 0.2) is 47.4 Å². The van der Waals surface area contributed by atoms with Gasteiger partial charge in [0.1, 0.15) is 5.82 Å². The van der Waals surface area contributed by atoms with Crippen LogP contribution in [0.5, 0.6) is 0 Å². The van der Waals surface area contributed by atoms with Crippen molar-refractivity contribution in [1.82, 2.24) is 0 Å². The van der Waals surface area contributed by atoms with Crippen molar-refractivity contribution in [2.45, 2.75) is 11.8 Å². The topological polar surface area (TPSA) is 74.7 Å². The van der Waals surface area contributed by atoms with Crippen LogP contribution in [0, 0.1) is 12.7 Å². The van der Waals surface area contributed by atoms with Gasteiger partial charge in [0, 0.05) is 7.05 Å². The van der Waals surface area contributed by atoms with Crippen molar-refractivity contribution in [1.29, 1.82) is 0 Å². The molecule has 1 N–H and O–H groups in total. The summed E-state index contributed by atoms with van der Waals surface area (Å²) >= 11 is 0. The molecule has 0 aromatic heterocycles. The van der Waals surface area contributed by atoms with E-state index < -0.39 is 21.8 Å². The van der Waals surface area contributed by atoms with Crippen molar-refractivity contribution in [2.24, 2.45) is 0 Å². The Morgan fingerprint density at radius 3 is 2.27 bits per heavy atom. The maximum absolute atomic E-state index is 12.9. The summed E-state index contributed by atoms with van der Waals surface area (Å²) in [6.07, 6.45) is 0. The van der Waals surface area contributed by atoms with E-state index in [2.05, 4.69) is 0 Å². The fraction of sp³-hybridized carbons (Fsp3) is 0.133. The molecule has 0 saturated carbocycles. The molecule has 0 heterocycles. The molecule has 0 aliphatic rings. The molecule has 0 saturated heterocycles. The zero-order valence-electron chi connectivity index (χ0n) is 11.9. The fourth-order valence-electron chi connectivity index (χ4n) is 1.94. The number of nitrogens with zero attached hydrogens (tertiary/aromatic N) is 1. The smallest absolute Gasteiger partial charge is 0.335 e. The number of sulfonamides is 1. The van der Waals surface area contributed by atoms with Crippen LogP contribution in [0.25, 0.3) is 0 Å². The van der Waals surface area contributed by atoms with E-state index in [4.69, 9.17) is 5.11 Å². The highest BCUT2D eigenvalue weighted by atomic mass is 32.2. The van der Waals surface area contributed by atoms with Crippen molar-refractivity contribution in [3.63, 3.8) is 0 Å². The molecule has 0 amide bonds. The predicted octanol–water partition coefficient (Wildman–Crippen LogP) is 2.66. The van der Waals surface area contributed by atoms with E-state index in [0.29, 0.717) is 5.56 Å². The van der Waals surface area contributed by atoms with Crippen LogP contribution in [-0.2, 0) is 10.0 Å². The zero-order valence-corrected chi connectivity index (χ0v) is 12.8. The molecular formula is C15H14FNO4S. The molecule has 0 radical (unpaired) electrons. The van der Waals surface area contributed by atoms with Crippen molar-refractivity contribution < 1.29 is 22.7 Å². The lowest BCUT2D eigenvalue weighted by Crippen LogP contribution is -2.26. The second kappa shape index (κ2) is 5.76. The molecule has 0 spiro atoms. The Morgan fingerprint density at radius 2 is 1.73 bits per heavy atom. The Bertz CT molecular complexity index is 816. The minimum Gasteiger partial charge on any atom is -0.478 e. The molecule has 116 valence electrons. The van der Waals surface area contributed by atoms with Crippen LogP contribution in [-0.4, -0.2) is 26.5 Å². The molecule has 0 aliphatic heterocycles. The summed E-state index contributed by atoms with van der Waals surface area (Å²) in [6.45, 7) is 1.59. The highest BCUT2D eigenvalue weighted by Crippen LogP contribution is 2.24. The van der Waals surface area contributed by atoms with E-state index in [0.717, 1.165) is 22.5 Å². The summed E-state index contributed by atoms with van der Waals surface area (Å²) in [7, 11) is -2.61. The SMILES string of the molecule is Cc1ccc(S(=O)(=O)N(C)c2ccc(F)cc2)cc1C(=O)O. The lowest BCUT2D eigenvalue weighted by molar-refractivity contribution is 0.0696. The molecule has 5 nitrogen and oxygen atoms in total. The molecule has 7 heteroatoms. The van der Waals surface area contributed by atoms with Gasteiger partial charge >= 0.3 is 5.97 Å². The first-order chi connectivity index (χ1) is 10.2. The van der Waals surface area contributed by atoms with Gasteiger partial charge in [0.2, 0.25) is 0 Å². The Balaban J connectivity index is 2.48. The number of hydrogen-bond donors (Lipinski definition) is 1. The zero-order chi connectivity index (χ0) is 16.5. The second-order valence-electron chi connectivity index (χ2n) is 4.73. The first kappa shape index (κ1) is 16.0. The van der Waals surface area contributed by atoms with Crippen LogP contribution in [0.4, 0.5) is 10.1 Å². The van der Waals surface area contributed by atoms with E-state index in [-0.39, 0.29) is 16.1 Å². The number of benzene rings is 2. The Labute approximate surface area is 127 Å². The normalized spacial score (nSPS) is 11.2. The number of carboxylic acid groups (broad SMARTS) is 1. The largest absolute Gasteiger partial charge is 0.478 e. The summed E-state index contributed by atoms with van der Waals surface area (Å²) in [5.74, 6) is -1.67. The maximum Gasteiger partial charge on any atom is 0.335 e. The van der Waals surface area contributed by atoms with Gasteiger partial charge in [-0.3, -0.25) is 4.31 Å². The summed E-state index contributed by atoms with van der Waals surface area (Å²) < 4.78 is 39.0. The monoisotopic (exact) mass is 323 g/mol. The number of aryl methyl sites for hydroxylation is 1. The third-order valence-corrected chi connectivity index (χ3v) is 5.07. The van der Waals surface area contributed by atoms with Crippen molar-refractivity contribution in [2.75, 3.05) is 11.4 Å². The summed E-state index contributed by atoms with van der Waals surface area (Å²) in [6, 6.07) is 8.87. The number of rotatable bonds is 4. The summed E-state index contributed by atoms with van der Waals surface area (Å²) in [5, 5.41) is 9.09. The predicted molar refractivity (Wildman–Crippen MR) is 80.1 cm³/mol. The number of carboxylic acids is 1. The Hall–Kier alpha value is -2.41. The molecule has 22 heavy (non-hydrogen) atoms. The maximum atomic E-state index is 12.9. The average molecular weight is 323 g/mol. The molecule has 0 unspecified atom stereocenters. The summed E-state index contributed by atoms with van der Waals surface area (Å²) in [4.78, 5) is 11.0. The van der Waals surface area contributed by atoms with E-state index >= 15 is 0 Å². The van der Waals surface area contributed by atoms with Crippen molar-refractivity contribution in [3.8, 4) is 0 Å². The van der Waals surface area contributed by atoms with E-state index in [1.54, 1.807) is 6.92 Å². The molecule has 2 aromatic carbocycles. The molecule has 0 aliphatic carbocycles. The number of anilines is 1. The lowest BCUT2D eigenvalue weighted by atomic mass is 10.1. The molecule has 0 atom stereocenters. The molecule has 2 aromatic rings. The van der Waals surface area contributed by atoms with Crippen molar-refractivity contribution in [3.05, 3.63) is 59.4 Å². The number of halogens is 1. The van der Waals surface area contributed by atoms with Gasteiger partial charge in [-0.1, -0.05) is 6.07 Å². The van der Waals surface area contributed by atoms with Crippen LogP contribution in [0.3, 0.4) is 0 Å². The minimum absolute atomic E-state index is 0.0754. The minimum atomic E-state index is -3.93.